The summed E-state index contributed by atoms with van der Waals surface area (Å²) in [5.41, 5.74) is 1.47. The minimum absolute atomic E-state index is 0.222. The average Bonchev–Trinajstić information content (AvgIpc) is 2.26. The molecule has 2 nitrogen and oxygen atoms in total. The van der Waals surface area contributed by atoms with Crippen LogP contribution in [0.15, 0.2) is 24.4 Å². The highest BCUT2D eigenvalue weighted by molar-refractivity contribution is 5.85. The van der Waals surface area contributed by atoms with Crippen LogP contribution in [0.25, 0.3) is 10.9 Å². The van der Waals surface area contributed by atoms with Crippen molar-refractivity contribution in [3.05, 3.63) is 41.3 Å². The number of hydrogen-bond acceptors (Lipinski definition) is 2. The first-order valence-electron chi connectivity index (χ1n) is 5.43. The fourth-order valence-corrected chi connectivity index (χ4v) is 2.08. The number of hydrogen-bond donors (Lipinski definition) is 0. The third-order valence-electron chi connectivity index (χ3n) is 2.72. The molecule has 17 heavy (non-hydrogen) atoms. The quantitative estimate of drug-likeness (QED) is 0.691. The highest BCUT2D eigenvalue weighted by atomic mass is 19.1. The van der Waals surface area contributed by atoms with Gasteiger partial charge in [0.15, 0.2) is 0 Å². The summed E-state index contributed by atoms with van der Waals surface area (Å²) >= 11 is 0. The number of rotatable bonds is 0. The van der Waals surface area contributed by atoms with Crippen LogP contribution in [-0.4, -0.2) is 4.98 Å². The molecule has 0 saturated heterocycles. The van der Waals surface area contributed by atoms with Crippen molar-refractivity contribution in [3.63, 3.8) is 0 Å². The van der Waals surface area contributed by atoms with Crippen molar-refractivity contribution < 1.29 is 4.39 Å². The Hall–Kier alpha value is -1.95. The minimum Gasteiger partial charge on any atom is -0.252 e. The van der Waals surface area contributed by atoms with E-state index in [1.807, 2.05) is 26.8 Å². The lowest BCUT2D eigenvalue weighted by atomic mass is 9.82. The number of nitrogens with zero attached hydrogens (tertiary/aromatic N) is 2. The van der Waals surface area contributed by atoms with Crippen molar-refractivity contribution in [2.24, 2.45) is 0 Å². The molecule has 0 bridgehead atoms. The summed E-state index contributed by atoms with van der Waals surface area (Å²) in [4.78, 5) is 4.03. The van der Waals surface area contributed by atoms with Gasteiger partial charge in [-0.25, -0.2) is 4.39 Å². The normalized spacial score (nSPS) is 11.5. The second-order valence-electron chi connectivity index (χ2n) is 5.04. The monoisotopic (exact) mass is 228 g/mol. The first-order valence-corrected chi connectivity index (χ1v) is 5.43. The van der Waals surface area contributed by atoms with Crippen LogP contribution in [0.5, 0.6) is 0 Å². The second-order valence-corrected chi connectivity index (χ2v) is 5.04. The van der Waals surface area contributed by atoms with Gasteiger partial charge in [-0.2, -0.15) is 5.26 Å². The lowest BCUT2D eigenvalue weighted by molar-refractivity contribution is 0.592. The number of halogens is 1. The number of pyridine rings is 1. The van der Waals surface area contributed by atoms with Crippen LogP contribution in [0.1, 0.15) is 31.9 Å². The molecule has 0 aliphatic carbocycles. The van der Waals surface area contributed by atoms with Crippen molar-refractivity contribution in [1.29, 1.82) is 5.26 Å². The molecular formula is C14H13FN2. The largest absolute Gasteiger partial charge is 0.252 e. The number of fused-ring (bicyclic) bond motifs is 1. The van der Waals surface area contributed by atoms with Gasteiger partial charge in [0.2, 0.25) is 0 Å². The molecule has 0 saturated carbocycles. The van der Waals surface area contributed by atoms with Crippen molar-refractivity contribution in [1.82, 2.24) is 4.98 Å². The Bertz CT molecular complexity index is 618. The Morgan fingerprint density at radius 3 is 2.59 bits per heavy atom. The third kappa shape index (κ3) is 1.87. The summed E-state index contributed by atoms with van der Waals surface area (Å²) in [7, 11) is 0. The summed E-state index contributed by atoms with van der Waals surface area (Å²) < 4.78 is 13.6. The highest BCUT2D eigenvalue weighted by Crippen LogP contribution is 2.32. The Kier molecular flexibility index (Phi) is 2.59. The fourth-order valence-electron chi connectivity index (χ4n) is 2.08. The molecule has 0 fully saturated rings. The molecule has 0 amide bonds. The molecule has 1 heterocycles. The molecule has 0 N–H and O–H groups in total. The summed E-state index contributed by atoms with van der Waals surface area (Å²) in [6, 6.07) is 6.97. The maximum Gasteiger partial charge on any atom is 0.149 e. The van der Waals surface area contributed by atoms with Crippen LogP contribution in [0.4, 0.5) is 4.39 Å². The maximum atomic E-state index is 13.6. The summed E-state index contributed by atoms with van der Waals surface area (Å²) in [5.74, 6) is -0.350. The van der Waals surface area contributed by atoms with E-state index in [9.17, 15) is 4.39 Å². The first-order chi connectivity index (χ1) is 7.95. The lowest BCUT2D eigenvalue weighted by Crippen LogP contribution is -2.14. The highest BCUT2D eigenvalue weighted by Gasteiger charge is 2.22. The third-order valence-corrected chi connectivity index (χ3v) is 2.72. The topological polar surface area (TPSA) is 36.7 Å². The molecule has 0 aliphatic heterocycles. The van der Waals surface area contributed by atoms with E-state index in [1.54, 1.807) is 6.07 Å². The number of para-hydroxylation sites is 1. The van der Waals surface area contributed by atoms with E-state index in [1.165, 1.54) is 12.3 Å². The molecule has 2 rings (SSSR count). The standard InChI is InChI=1S/C14H13FN2/c1-14(2,3)12-9(7-16)8-17-13-10(12)5-4-6-11(13)15/h4-6,8H,1-3H3. The van der Waals surface area contributed by atoms with Crippen LogP contribution in [0, 0.1) is 17.1 Å². The Balaban J connectivity index is 2.96. The molecule has 3 heteroatoms. The zero-order valence-corrected chi connectivity index (χ0v) is 10.1. The number of nitriles is 1. The minimum atomic E-state index is -0.350. The van der Waals surface area contributed by atoms with E-state index in [0.717, 1.165) is 10.9 Å². The molecule has 0 atom stereocenters. The first kappa shape index (κ1) is 11.5. The molecule has 2 aromatic rings. The molecule has 86 valence electrons. The van der Waals surface area contributed by atoms with Gasteiger partial charge in [-0.3, -0.25) is 4.98 Å². The van der Waals surface area contributed by atoms with Crippen LogP contribution in [0.2, 0.25) is 0 Å². The Morgan fingerprint density at radius 2 is 2.00 bits per heavy atom. The SMILES string of the molecule is CC(C)(C)c1c(C#N)cnc2c(F)cccc12. The van der Waals surface area contributed by atoms with E-state index in [2.05, 4.69) is 11.1 Å². The Morgan fingerprint density at radius 1 is 1.29 bits per heavy atom. The zero-order chi connectivity index (χ0) is 12.6. The molecule has 0 unspecified atom stereocenters. The van der Waals surface area contributed by atoms with E-state index >= 15 is 0 Å². The smallest absolute Gasteiger partial charge is 0.149 e. The van der Waals surface area contributed by atoms with Gasteiger partial charge in [-0.1, -0.05) is 32.9 Å². The van der Waals surface area contributed by atoms with Gasteiger partial charge >= 0.3 is 0 Å². The van der Waals surface area contributed by atoms with E-state index in [4.69, 9.17) is 5.26 Å². The van der Waals surface area contributed by atoms with Gasteiger partial charge in [-0.05, 0) is 17.0 Å². The van der Waals surface area contributed by atoms with Gasteiger partial charge in [0.05, 0.1) is 5.56 Å². The van der Waals surface area contributed by atoms with Gasteiger partial charge in [0, 0.05) is 11.6 Å². The Labute approximate surface area is 99.7 Å². The zero-order valence-electron chi connectivity index (χ0n) is 10.1. The van der Waals surface area contributed by atoms with E-state index in [0.29, 0.717) is 11.1 Å². The number of benzene rings is 1. The molecule has 1 aromatic heterocycles. The van der Waals surface area contributed by atoms with Gasteiger partial charge in [0.25, 0.3) is 0 Å². The van der Waals surface area contributed by atoms with Crippen LogP contribution < -0.4 is 0 Å². The molecular weight excluding hydrogens is 215 g/mol. The summed E-state index contributed by atoms with van der Waals surface area (Å²) in [5, 5.41) is 9.85. The van der Waals surface area contributed by atoms with Crippen molar-refractivity contribution >= 4 is 10.9 Å². The van der Waals surface area contributed by atoms with Crippen molar-refractivity contribution in [2.45, 2.75) is 26.2 Å². The summed E-state index contributed by atoms with van der Waals surface area (Å²) in [6.45, 7) is 6.02. The molecule has 0 aliphatic rings. The fraction of sp³-hybridized carbons (Fsp3) is 0.286. The van der Waals surface area contributed by atoms with Gasteiger partial charge in [0.1, 0.15) is 17.4 Å². The van der Waals surface area contributed by atoms with Crippen LogP contribution in [0.3, 0.4) is 0 Å². The van der Waals surface area contributed by atoms with E-state index < -0.39 is 0 Å². The van der Waals surface area contributed by atoms with Crippen molar-refractivity contribution in [2.75, 3.05) is 0 Å². The molecule has 0 spiro atoms. The van der Waals surface area contributed by atoms with Gasteiger partial charge < -0.3 is 0 Å². The average molecular weight is 228 g/mol. The van der Waals surface area contributed by atoms with Crippen molar-refractivity contribution in [3.8, 4) is 6.07 Å². The molecule has 1 aromatic carbocycles. The molecule has 0 radical (unpaired) electrons. The van der Waals surface area contributed by atoms with Crippen LogP contribution in [-0.2, 0) is 5.41 Å². The summed E-state index contributed by atoms with van der Waals surface area (Å²) in [6.07, 6.45) is 1.45. The lowest BCUT2D eigenvalue weighted by Gasteiger charge is -2.22. The van der Waals surface area contributed by atoms with Gasteiger partial charge in [-0.15, -0.1) is 0 Å². The van der Waals surface area contributed by atoms with E-state index in [-0.39, 0.29) is 11.2 Å². The maximum absolute atomic E-state index is 13.6. The number of aromatic nitrogens is 1. The predicted octanol–water partition coefficient (Wildman–Crippen LogP) is 3.54. The van der Waals surface area contributed by atoms with Crippen LogP contribution >= 0.6 is 0 Å². The predicted molar refractivity (Wildman–Crippen MR) is 65.1 cm³/mol. The second kappa shape index (κ2) is 3.81.